The standard InChI is InChI=1S/C22H28N2O3/c1-15-11-16(2)20(17(3)12-15)9-10-23-22(26)18-7-6-8-19(13-18)27-14-21(25)24(4)5/h6-8,11-13H,9-10,14H2,1-5H3,(H,23,26). The molecule has 27 heavy (non-hydrogen) atoms. The van der Waals surface area contributed by atoms with Crippen molar-refractivity contribution in [1.29, 1.82) is 0 Å². The molecule has 1 N–H and O–H groups in total. The summed E-state index contributed by atoms with van der Waals surface area (Å²) in [7, 11) is 3.35. The van der Waals surface area contributed by atoms with Crippen LogP contribution in [0.3, 0.4) is 0 Å². The fourth-order valence-corrected chi connectivity index (χ4v) is 3.01. The highest BCUT2D eigenvalue weighted by molar-refractivity contribution is 5.94. The fourth-order valence-electron chi connectivity index (χ4n) is 3.01. The number of amides is 2. The molecule has 144 valence electrons. The van der Waals surface area contributed by atoms with Gasteiger partial charge in [0.05, 0.1) is 0 Å². The summed E-state index contributed by atoms with van der Waals surface area (Å²) in [5, 5.41) is 2.96. The first kappa shape index (κ1) is 20.5. The second-order valence-electron chi connectivity index (χ2n) is 6.99. The molecule has 0 atom stereocenters. The van der Waals surface area contributed by atoms with Gasteiger partial charge in [0.1, 0.15) is 5.75 Å². The summed E-state index contributed by atoms with van der Waals surface area (Å²) >= 11 is 0. The molecule has 0 saturated carbocycles. The number of nitrogens with zero attached hydrogens (tertiary/aromatic N) is 1. The topological polar surface area (TPSA) is 58.6 Å². The third-order valence-electron chi connectivity index (χ3n) is 4.46. The highest BCUT2D eigenvalue weighted by Crippen LogP contribution is 2.17. The van der Waals surface area contributed by atoms with Gasteiger partial charge in [-0.2, -0.15) is 0 Å². The zero-order valence-electron chi connectivity index (χ0n) is 16.8. The first-order chi connectivity index (χ1) is 12.8. The number of nitrogens with one attached hydrogen (secondary N) is 1. The van der Waals surface area contributed by atoms with Crippen LogP contribution in [-0.4, -0.2) is 44.0 Å². The first-order valence-electron chi connectivity index (χ1n) is 9.06. The maximum absolute atomic E-state index is 12.4. The fraction of sp³-hybridized carbons (Fsp3) is 0.364. The van der Waals surface area contributed by atoms with E-state index < -0.39 is 0 Å². The predicted octanol–water partition coefficient (Wildman–Crippen LogP) is 3.05. The predicted molar refractivity (Wildman–Crippen MR) is 107 cm³/mol. The number of likely N-dealkylation sites (N-methyl/N-ethyl adjacent to an activating group) is 1. The second kappa shape index (κ2) is 9.21. The van der Waals surface area contributed by atoms with Crippen LogP contribution in [0, 0.1) is 20.8 Å². The van der Waals surface area contributed by atoms with Gasteiger partial charge >= 0.3 is 0 Å². The van der Waals surface area contributed by atoms with Crippen molar-refractivity contribution in [1.82, 2.24) is 10.2 Å². The second-order valence-corrected chi connectivity index (χ2v) is 6.99. The summed E-state index contributed by atoms with van der Waals surface area (Å²) in [6.45, 7) is 6.81. The van der Waals surface area contributed by atoms with E-state index in [1.54, 1.807) is 38.4 Å². The van der Waals surface area contributed by atoms with Crippen molar-refractivity contribution in [2.45, 2.75) is 27.2 Å². The lowest BCUT2D eigenvalue weighted by molar-refractivity contribution is -0.130. The Morgan fingerprint density at radius 1 is 1.04 bits per heavy atom. The van der Waals surface area contributed by atoms with E-state index in [2.05, 4.69) is 38.2 Å². The van der Waals surface area contributed by atoms with Crippen LogP contribution in [0.4, 0.5) is 0 Å². The van der Waals surface area contributed by atoms with E-state index in [9.17, 15) is 9.59 Å². The number of rotatable bonds is 7. The van der Waals surface area contributed by atoms with Crippen LogP contribution < -0.4 is 10.1 Å². The van der Waals surface area contributed by atoms with E-state index in [-0.39, 0.29) is 18.4 Å². The Balaban J connectivity index is 1.93. The number of hydrogen-bond donors (Lipinski definition) is 1. The van der Waals surface area contributed by atoms with Crippen molar-refractivity contribution in [3.05, 3.63) is 64.2 Å². The summed E-state index contributed by atoms with van der Waals surface area (Å²) in [6, 6.07) is 11.2. The van der Waals surface area contributed by atoms with Crippen LogP contribution in [0.2, 0.25) is 0 Å². The molecule has 0 saturated heterocycles. The summed E-state index contributed by atoms with van der Waals surface area (Å²) in [4.78, 5) is 25.5. The normalized spacial score (nSPS) is 10.4. The largest absolute Gasteiger partial charge is 0.484 e. The Kier molecular flexibility index (Phi) is 6.99. The van der Waals surface area contributed by atoms with Gasteiger partial charge in [-0.3, -0.25) is 9.59 Å². The maximum Gasteiger partial charge on any atom is 0.259 e. The van der Waals surface area contributed by atoms with Gasteiger partial charge in [0.15, 0.2) is 6.61 Å². The van der Waals surface area contributed by atoms with E-state index >= 15 is 0 Å². The Hall–Kier alpha value is -2.82. The lowest BCUT2D eigenvalue weighted by Gasteiger charge is -2.13. The van der Waals surface area contributed by atoms with E-state index in [1.165, 1.54) is 27.2 Å². The molecule has 0 heterocycles. The van der Waals surface area contributed by atoms with Crippen LogP contribution in [0.15, 0.2) is 36.4 Å². The molecular weight excluding hydrogens is 340 g/mol. The molecule has 2 rings (SSSR count). The van der Waals surface area contributed by atoms with Gasteiger partial charge in [0, 0.05) is 26.2 Å². The first-order valence-corrected chi connectivity index (χ1v) is 9.06. The van der Waals surface area contributed by atoms with Gasteiger partial charge in [-0.05, 0) is 62.1 Å². The highest BCUT2D eigenvalue weighted by Gasteiger charge is 2.10. The molecular formula is C22H28N2O3. The molecule has 0 aliphatic rings. The van der Waals surface area contributed by atoms with Crippen LogP contribution in [-0.2, 0) is 11.2 Å². The lowest BCUT2D eigenvalue weighted by atomic mass is 9.97. The van der Waals surface area contributed by atoms with E-state index in [0.29, 0.717) is 17.9 Å². The Labute approximate surface area is 161 Å². The summed E-state index contributed by atoms with van der Waals surface area (Å²) in [6.07, 6.45) is 0.789. The molecule has 0 spiro atoms. The van der Waals surface area contributed by atoms with Crippen molar-refractivity contribution >= 4 is 11.8 Å². The maximum atomic E-state index is 12.4. The lowest BCUT2D eigenvalue weighted by Crippen LogP contribution is -2.28. The number of hydrogen-bond acceptors (Lipinski definition) is 3. The third kappa shape index (κ3) is 5.84. The minimum Gasteiger partial charge on any atom is -0.484 e. The highest BCUT2D eigenvalue weighted by atomic mass is 16.5. The molecule has 0 aliphatic heterocycles. The van der Waals surface area contributed by atoms with Crippen LogP contribution >= 0.6 is 0 Å². The number of carbonyl (C=O) groups excluding carboxylic acids is 2. The van der Waals surface area contributed by atoms with Gasteiger partial charge < -0.3 is 15.0 Å². The van der Waals surface area contributed by atoms with E-state index in [0.717, 1.165) is 6.42 Å². The zero-order valence-corrected chi connectivity index (χ0v) is 16.8. The number of aryl methyl sites for hydroxylation is 3. The van der Waals surface area contributed by atoms with Crippen LogP contribution in [0.1, 0.15) is 32.6 Å². The molecule has 0 aromatic heterocycles. The van der Waals surface area contributed by atoms with E-state index in [1.807, 2.05) is 0 Å². The molecule has 2 aromatic rings. The molecule has 2 amide bonds. The zero-order chi connectivity index (χ0) is 20.0. The Bertz CT molecular complexity index is 805. The monoisotopic (exact) mass is 368 g/mol. The van der Waals surface area contributed by atoms with E-state index in [4.69, 9.17) is 4.74 Å². The average Bonchev–Trinajstić information content (AvgIpc) is 2.61. The quantitative estimate of drug-likeness (QED) is 0.817. The van der Waals surface area contributed by atoms with Crippen molar-refractivity contribution in [2.75, 3.05) is 27.2 Å². The van der Waals surface area contributed by atoms with Crippen LogP contribution in [0.5, 0.6) is 5.75 Å². The molecule has 0 fully saturated rings. The minimum atomic E-state index is -0.151. The van der Waals surface area contributed by atoms with Crippen molar-refractivity contribution in [3.8, 4) is 5.75 Å². The molecule has 0 bridgehead atoms. The van der Waals surface area contributed by atoms with Crippen molar-refractivity contribution < 1.29 is 14.3 Å². The number of carbonyl (C=O) groups is 2. The summed E-state index contributed by atoms with van der Waals surface area (Å²) in [5.74, 6) is 0.221. The molecule has 0 radical (unpaired) electrons. The number of ether oxygens (including phenoxy) is 1. The van der Waals surface area contributed by atoms with Gasteiger partial charge in [0.2, 0.25) is 0 Å². The average molecular weight is 368 g/mol. The molecule has 5 heteroatoms. The van der Waals surface area contributed by atoms with Gasteiger partial charge in [0.25, 0.3) is 11.8 Å². The van der Waals surface area contributed by atoms with Crippen molar-refractivity contribution in [2.24, 2.45) is 0 Å². The van der Waals surface area contributed by atoms with Gasteiger partial charge in [-0.1, -0.05) is 23.8 Å². The SMILES string of the molecule is Cc1cc(C)c(CCNC(=O)c2cccc(OCC(=O)N(C)C)c2)c(C)c1. The molecule has 5 nitrogen and oxygen atoms in total. The van der Waals surface area contributed by atoms with Crippen molar-refractivity contribution in [3.63, 3.8) is 0 Å². The van der Waals surface area contributed by atoms with Gasteiger partial charge in [-0.25, -0.2) is 0 Å². The third-order valence-corrected chi connectivity index (χ3v) is 4.46. The summed E-state index contributed by atoms with van der Waals surface area (Å²) in [5.41, 5.74) is 5.55. The smallest absolute Gasteiger partial charge is 0.259 e. The molecule has 0 aliphatic carbocycles. The van der Waals surface area contributed by atoms with Gasteiger partial charge in [-0.15, -0.1) is 0 Å². The molecule has 0 unspecified atom stereocenters. The van der Waals surface area contributed by atoms with Crippen LogP contribution in [0.25, 0.3) is 0 Å². The molecule has 2 aromatic carbocycles. The Morgan fingerprint density at radius 3 is 2.33 bits per heavy atom. The Morgan fingerprint density at radius 2 is 1.70 bits per heavy atom. The number of benzene rings is 2. The minimum absolute atomic E-state index is 0.0515. The summed E-state index contributed by atoms with van der Waals surface area (Å²) < 4.78 is 5.47.